The average molecular weight is 887 g/mol. The summed E-state index contributed by atoms with van der Waals surface area (Å²) in [5.74, 6) is 0. The molecule has 0 atom stereocenters. The van der Waals surface area contributed by atoms with E-state index in [1.54, 1.807) is 30.3 Å². The Morgan fingerprint density at radius 3 is 1.24 bits per heavy atom. The summed E-state index contributed by atoms with van der Waals surface area (Å²) in [5.41, 5.74) is -1.15. The molecule has 0 radical (unpaired) electrons. The molecule has 0 bridgehead atoms. The number of aromatic amines is 6. The van der Waals surface area contributed by atoms with Gasteiger partial charge in [-0.2, -0.15) is 0 Å². The number of hydrogen-bond acceptors (Lipinski definition) is 15. The number of benzene rings is 4. The Labute approximate surface area is 399 Å². The number of para-hydroxylation sites is 2. The minimum Gasteiger partial charge on any atom is -0.744 e. The summed E-state index contributed by atoms with van der Waals surface area (Å²) in [4.78, 5) is 30.3. The van der Waals surface area contributed by atoms with Gasteiger partial charge in [0.05, 0.1) is 37.4 Å². The molecule has 0 aliphatic carbocycles. The minimum absolute atomic E-state index is 0. The number of hydrogen-bond donors (Lipinski definition) is 8. The first-order chi connectivity index (χ1) is 26.4. The molecule has 2 heterocycles. The molecule has 4 aromatic carbocycles. The van der Waals surface area contributed by atoms with Crippen LogP contribution in [-0.2, 0) is 30.4 Å². The van der Waals surface area contributed by atoms with Gasteiger partial charge < -0.3 is 13.7 Å². The normalized spacial score (nSPS) is 13.1. The molecule has 2 aromatic heterocycles. The van der Waals surface area contributed by atoms with Gasteiger partial charge in [0.1, 0.15) is 30.4 Å². The molecule has 0 saturated heterocycles. The second kappa shape index (κ2) is 20.6. The third-order valence-electron chi connectivity index (χ3n) is 7.27. The Kier molecular flexibility index (Phi) is 17.3. The second-order valence-corrected chi connectivity index (χ2v) is 15.3. The largest absolute Gasteiger partial charge is 1.00 e. The van der Waals surface area contributed by atoms with Gasteiger partial charge in [0, 0.05) is 0 Å². The summed E-state index contributed by atoms with van der Waals surface area (Å²) in [5, 5.41) is 16.0. The molecular formula is C32H25N12Na3O9S3. The van der Waals surface area contributed by atoms with Crippen LogP contribution in [0.4, 0.5) is 22.7 Å². The molecule has 21 nitrogen and oxygen atoms in total. The van der Waals surface area contributed by atoms with Gasteiger partial charge in [0.2, 0.25) is 33.7 Å². The van der Waals surface area contributed by atoms with Gasteiger partial charge in [-0.3, -0.25) is 40.7 Å². The standard InChI is InChI=1S/C32H28N12O9S3.3Na/c33-27-39-29(35-20-6-2-1-3-7-20)43-30(40-27)36-21-14-12-18(25(16-21)55(48,49)50)10-11-19-13-15-22(17-26(19)56(51,52)53)37-31-41-28(34)42-32(44-31)38-23-8-4-5-9-24(23)54(45,46)47;;;/h1-17H,(H,45,46,47)(H,48,49,50)(H,51,52,53)(H4,33,35,36,39,40,43)(H4,34,37,38,41,42,44);;;/q;3*+1/p-3/b11-10+;;;. The molecule has 6 rings (SSSR count). The van der Waals surface area contributed by atoms with Crippen LogP contribution < -0.4 is 122 Å². The van der Waals surface area contributed by atoms with Crippen molar-refractivity contribution in [1.82, 2.24) is 29.9 Å². The van der Waals surface area contributed by atoms with E-state index in [1.807, 2.05) is 0 Å². The Morgan fingerprint density at radius 1 is 0.441 bits per heavy atom. The van der Waals surface area contributed by atoms with Crippen LogP contribution in [0.1, 0.15) is 11.1 Å². The van der Waals surface area contributed by atoms with Crippen LogP contribution in [0, 0.1) is 10.8 Å². The Balaban J connectivity index is 0.00000310. The SMILES string of the molecule is N=c1[nH]c(=Nc2ccccc2)[nH]c(=Nc2ccc(/C=C/c3ccc(N=c4[nH]c(=N)[nH]c(=Nc5ccccc5S(=O)(=O)[O-])[nH]4)cc3S(=O)(=O)[O-])c(S(=O)(=O)[O-])c2)[nH]1.[Na+].[Na+].[Na+]. The summed E-state index contributed by atoms with van der Waals surface area (Å²) in [6, 6.07) is 20.7. The van der Waals surface area contributed by atoms with Crippen LogP contribution in [0.25, 0.3) is 12.2 Å². The summed E-state index contributed by atoms with van der Waals surface area (Å²) < 4.78 is 109. The van der Waals surface area contributed by atoms with E-state index >= 15 is 0 Å². The van der Waals surface area contributed by atoms with Crippen molar-refractivity contribution in [3.05, 3.63) is 136 Å². The first kappa shape index (κ1) is 49.5. The van der Waals surface area contributed by atoms with Gasteiger partial charge >= 0.3 is 88.7 Å². The predicted octanol–water partition coefficient (Wildman–Crippen LogP) is -8.56. The zero-order valence-corrected chi connectivity index (χ0v) is 39.5. The maximum absolute atomic E-state index is 12.3. The van der Waals surface area contributed by atoms with Crippen LogP contribution >= 0.6 is 0 Å². The van der Waals surface area contributed by atoms with Crippen LogP contribution in [0.3, 0.4) is 0 Å². The van der Waals surface area contributed by atoms with Crippen molar-refractivity contribution in [1.29, 1.82) is 10.8 Å². The fourth-order valence-corrected chi connectivity index (χ4v) is 6.95. The van der Waals surface area contributed by atoms with Gasteiger partial charge in [0.25, 0.3) is 0 Å². The molecule has 27 heteroatoms. The zero-order valence-electron chi connectivity index (χ0n) is 31.0. The molecule has 0 spiro atoms. The van der Waals surface area contributed by atoms with Gasteiger partial charge in [-0.15, -0.1) is 0 Å². The number of aromatic nitrogens is 6. The van der Waals surface area contributed by atoms with E-state index in [1.165, 1.54) is 42.5 Å². The molecule has 6 aromatic rings. The van der Waals surface area contributed by atoms with Crippen molar-refractivity contribution in [2.24, 2.45) is 20.0 Å². The molecule has 8 N–H and O–H groups in total. The second-order valence-electron chi connectivity index (χ2n) is 11.3. The van der Waals surface area contributed by atoms with Crippen molar-refractivity contribution in [3.63, 3.8) is 0 Å². The van der Waals surface area contributed by atoms with E-state index in [9.17, 15) is 38.9 Å². The third-order valence-corrected chi connectivity index (χ3v) is 9.94. The molecular weight excluding hydrogens is 862 g/mol. The summed E-state index contributed by atoms with van der Waals surface area (Å²) >= 11 is 0. The molecule has 0 amide bonds. The van der Waals surface area contributed by atoms with E-state index < -0.39 is 50.7 Å². The van der Waals surface area contributed by atoms with Crippen LogP contribution in [0.15, 0.2) is 126 Å². The van der Waals surface area contributed by atoms with E-state index in [0.717, 1.165) is 30.4 Å². The van der Waals surface area contributed by atoms with Crippen molar-refractivity contribution in [3.8, 4) is 0 Å². The monoisotopic (exact) mass is 886 g/mol. The van der Waals surface area contributed by atoms with E-state index in [0.29, 0.717) is 5.69 Å². The molecule has 0 aliphatic heterocycles. The molecule has 0 saturated carbocycles. The maximum Gasteiger partial charge on any atom is 1.00 e. The molecule has 0 unspecified atom stereocenters. The van der Waals surface area contributed by atoms with Crippen molar-refractivity contribution >= 4 is 65.3 Å². The molecule has 288 valence electrons. The first-order valence-electron chi connectivity index (χ1n) is 15.5. The van der Waals surface area contributed by atoms with E-state index in [-0.39, 0.29) is 145 Å². The fourth-order valence-electron chi connectivity index (χ4n) is 4.95. The fraction of sp³-hybridized carbons (Fsp3) is 0. The first-order valence-corrected chi connectivity index (χ1v) is 19.8. The molecule has 0 fully saturated rings. The van der Waals surface area contributed by atoms with Gasteiger partial charge in [-0.05, 0) is 59.7 Å². The van der Waals surface area contributed by atoms with Crippen LogP contribution in [0.2, 0.25) is 0 Å². The smallest absolute Gasteiger partial charge is 0.744 e. The Bertz CT molecular complexity index is 3300. The number of rotatable bonds is 9. The third kappa shape index (κ3) is 13.6. The number of H-pyrrole nitrogens is 6. The zero-order chi connectivity index (χ0) is 40.3. The molecule has 0 aliphatic rings. The number of nitrogens with one attached hydrogen (secondary N) is 8. The quantitative estimate of drug-likeness (QED) is 0.0388. The summed E-state index contributed by atoms with van der Waals surface area (Å²) in [6.45, 7) is 0. The number of nitrogens with zero attached hydrogens (tertiary/aromatic N) is 4. The van der Waals surface area contributed by atoms with Crippen molar-refractivity contribution in [2.75, 3.05) is 0 Å². The summed E-state index contributed by atoms with van der Waals surface area (Å²) in [6.07, 6.45) is 2.21. The Morgan fingerprint density at radius 2 is 0.814 bits per heavy atom. The summed E-state index contributed by atoms with van der Waals surface area (Å²) in [7, 11) is -15.2. The minimum atomic E-state index is -5.19. The molecule has 59 heavy (non-hydrogen) atoms. The van der Waals surface area contributed by atoms with Crippen LogP contribution in [-0.4, -0.2) is 68.8 Å². The van der Waals surface area contributed by atoms with E-state index in [4.69, 9.17) is 10.8 Å². The van der Waals surface area contributed by atoms with Crippen LogP contribution in [0.5, 0.6) is 0 Å². The van der Waals surface area contributed by atoms with E-state index in [2.05, 4.69) is 49.9 Å². The maximum atomic E-state index is 12.3. The Hall–Kier alpha value is -3.83. The average Bonchev–Trinajstić information content (AvgIpc) is 3.10. The van der Waals surface area contributed by atoms with Gasteiger partial charge in [-0.1, -0.05) is 54.6 Å². The van der Waals surface area contributed by atoms with Crippen molar-refractivity contribution < 1.29 is 128 Å². The van der Waals surface area contributed by atoms with Gasteiger partial charge in [0.15, 0.2) is 0 Å². The predicted molar refractivity (Wildman–Crippen MR) is 190 cm³/mol. The topological polar surface area (TPSA) is 363 Å². The van der Waals surface area contributed by atoms with Gasteiger partial charge in [-0.25, -0.2) is 45.2 Å². The van der Waals surface area contributed by atoms with Crippen molar-refractivity contribution in [2.45, 2.75) is 14.7 Å².